The van der Waals surface area contributed by atoms with Crippen molar-refractivity contribution in [3.05, 3.63) is 18.3 Å². The fraction of sp³-hybridized carbons (Fsp3) is 0.583. The van der Waals surface area contributed by atoms with Gasteiger partial charge in [0.05, 0.1) is 6.61 Å². The van der Waals surface area contributed by atoms with Crippen LogP contribution in [0.15, 0.2) is 18.3 Å². The molecule has 0 aliphatic carbocycles. The number of rotatable bonds is 3. The number of piperidine rings is 1. The lowest BCUT2D eigenvalue weighted by Gasteiger charge is -2.27. The Balaban J connectivity index is 2.09. The monoisotopic (exact) mass is 206 g/mol. The molecule has 1 aliphatic heterocycles. The Morgan fingerprint density at radius 3 is 2.87 bits per heavy atom. The van der Waals surface area contributed by atoms with E-state index in [1.54, 1.807) is 0 Å². The Hall–Kier alpha value is -1.25. The topological polar surface area (TPSA) is 25.4 Å². The van der Waals surface area contributed by atoms with Crippen molar-refractivity contribution in [3.63, 3.8) is 0 Å². The van der Waals surface area contributed by atoms with E-state index in [2.05, 4.69) is 9.88 Å². The maximum absolute atomic E-state index is 5.47. The molecule has 3 nitrogen and oxygen atoms in total. The fourth-order valence-corrected chi connectivity index (χ4v) is 1.95. The Morgan fingerprint density at radius 1 is 1.33 bits per heavy atom. The van der Waals surface area contributed by atoms with E-state index >= 15 is 0 Å². The molecule has 1 saturated heterocycles. The lowest BCUT2D eigenvalue weighted by molar-refractivity contribution is 0.340. The normalized spacial score (nSPS) is 16.5. The maximum atomic E-state index is 5.47. The molecule has 0 radical (unpaired) electrons. The lowest BCUT2D eigenvalue weighted by Crippen LogP contribution is -2.30. The summed E-state index contributed by atoms with van der Waals surface area (Å²) in [6, 6.07) is 3.95. The smallest absolute Gasteiger partial charge is 0.132 e. The summed E-state index contributed by atoms with van der Waals surface area (Å²) in [5, 5.41) is 0. The van der Waals surface area contributed by atoms with Crippen LogP contribution in [0.4, 0.5) is 5.82 Å². The van der Waals surface area contributed by atoms with Crippen LogP contribution in [0.5, 0.6) is 5.75 Å². The number of aromatic nitrogens is 1. The van der Waals surface area contributed by atoms with Crippen molar-refractivity contribution in [2.24, 2.45) is 0 Å². The van der Waals surface area contributed by atoms with Crippen molar-refractivity contribution < 1.29 is 4.74 Å². The molecule has 0 atom stereocenters. The van der Waals surface area contributed by atoms with Crippen molar-refractivity contribution >= 4 is 5.82 Å². The van der Waals surface area contributed by atoms with Gasteiger partial charge in [0.2, 0.25) is 0 Å². The van der Waals surface area contributed by atoms with Crippen molar-refractivity contribution in [2.75, 3.05) is 24.6 Å². The zero-order chi connectivity index (χ0) is 10.5. The van der Waals surface area contributed by atoms with E-state index in [0.717, 1.165) is 24.7 Å². The highest BCUT2D eigenvalue weighted by atomic mass is 16.5. The molecule has 2 heterocycles. The van der Waals surface area contributed by atoms with Crippen LogP contribution < -0.4 is 9.64 Å². The van der Waals surface area contributed by atoms with Crippen LogP contribution in [0, 0.1) is 0 Å². The second-order valence-corrected chi connectivity index (χ2v) is 3.83. The zero-order valence-corrected chi connectivity index (χ0v) is 9.28. The Bertz CT molecular complexity index is 308. The molecule has 3 heteroatoms. The first-order valence-corrected chi connectivity index (χ1v) is 5.74. The standard InChI is InChI=1S/C12H18N2O/c1-2-15-11-6-7-13-12(10-11)14-8-4-3-5-9-14/h6-7,10H,2-5,8-9H2,1H3. The van der Waals surface area contributed by atoms with E-state index in [9.17, 15) is 0 Å². The Labute approximate surface area is 91.1 Å². The number of hydrogen-bond donors (Lipinski definition) is 0. The molecule has 0 amide bonds. The summed E-state index contributed by atoms with van der Waals surface area (Å²) in [5.41, 5.74) is 0. The molecule has 2 rings (SSSR count). The van der Waals surface area contributed by atoms with Crippen molar-refractivity contribution in [2.45, 2.75) is 26.2 Å². The summed E-state index contributed by atoms with van der Waals surface area (Å²) in [7, 11) is 0. The second kappa shape index (κ2) is 5.01. The molecule has 0 spiro atoms. The quantitative estimate of drug-likeness (QED) is 0.759. The third kappa shape index (κ3) is 2.61. The van der Waals surface area contributed by atoms with E-state index in [4.69, 9.17) is 4.74 Å². The molecule has 0 bridgehead atoms. The van der Waals surface area contributed by atoms with Gasteiger partial charge in [-0.25, -0.2) is 4.98 Å². The van der Waals surface area contributed by atoms with Crippen LogP contribution in [-0.4, -0.2) is 24.7 Å². The second-order valence-electron chi connectivity index (χ2n) is 3.83. The molecule has 1 aliphatic rings. The summed E-state index contributed by atoms with van der Waals surface area (Å²) in [4.78, 5) is 6.73. The maximum Gasteiger partial charge on any atom is 0.132 e. The van der Waals surface area contributed by atoms with Gasteiger partial charge in [0, 0.05) is 25.4 Å². The summed E-state index contributed by atoms with van der Waals surface area (Å²) in [6.45, 7) is 4.97. The van der Waals surface area contributed by atoms with Gasteiger partial charge in [-0.1, -0.05) is 0 Å². The van der Waals surface area contributed by atoms with Gasteiger partial charge in [0.1, 0.15) is 11.6 Å². The van der Waals surface area contributed by atoms with Gasteiger partial charge in [0.25, 0.3) is 0 Å². The van der Waals surface area contributed by atoms with Crippen molar-refractivity contribution in [1.82, 2.24) is 4.98 Å². The highest BCUT2D eigenvalue weighted by molar-refractivity contribution is 5.43. The summed E-state index contributed by atoms with van der Waals surface area (Å²) < 4.78 is 5.47. The van der Waals surface area contributed by atoms with Crippen LogP contribution in [0.3, 0.4) is 0 Å². The van der Waals surface area contributed by atoms with E-state index in [-0.39, 0.29) is 0 Å². The molecule has 0 N–H and O–H groups in total. The molecule has 82 valence electrons. The average Bonchev–Trinajstić information content (AvgIpc) is 2.31. The SMILES string of the molecule is CCOc1ccnc(N2CCCCC2)c1. The van der Waals surface area contributed by atoms with Gasteiger partial charge in [-0.2, -0.15) is 0 Å². The van der Waals surface area contributed by atoms with Gasteiger partial charge in [0.15, 0.2) is 0 Å². The minimum atomic E-state index is 0.712. The Morgan fingerprint density at radius 2 is 2.13 bits per heavy atom. The van der Waals surface area contributed by atoms with Crippen LogP contribution in [0.1, 0.15) is 26.2 Å². The molecule has 0 aromatic carbocycles. The van der Waals surface area contributed by atoms with Crippen LogP contribution in [0.25, 0.3) is 0 Å². The van der Waals surface area contributed by atoms with Gasteiger partial charge in [-0.15, -0.1) is 0 Å². The van der Waals surface area contributed by atoms with E-state index in [1.807, 2.05) is 25.3 Å². The van der Waals surface area contributed by atoms with Gasteiger partial charge in [-0.05, 0) is 32.3 Å². The van der Waals surface area contributed by atoms with Crippen molar-refractivity contribution in [1.29, 1.82) is 0 Å². The molecule has 1 aromatic rings. The number of ether oxygens (including phenoxy) is 1. The highest BCUT2D eigenvalue weighted by Gasteiger charge is 2.12. The molecule has 0 unspecified atom stereocenters. The van der Waals surface area contributed by atoms with E-state index in [1.165, 1.54) is 19.3 Å². The average molecular weight is 206 g/mol. The summed E-state index contributed by atoms with van der Waals surface area (Å²) >= 11 is 0. The third-order valence-corrected chi connectivity index (χ3v) is 2.71. The minimum absolute atomic E-state index is 0.712. The first-order valence-electron chi connectivity index (χ1n) is 5.74. The predicted octanol–water partition coefficient (Wildman–Crippen LogP) is 2.47. The first kappa shape index (κ1) is 10.3. The van der Waals surface area contributed by atoms with Gasteiger partial charge < -0.3 is 9.64 Å². The van der Waals surface area contributed by atoms with E-state index < -0.39 is 0 Å². The van der Waals surface area contributed by atoms with Gasteiger partial charge >= 0.3 is 0 Å². The predicted molar refractivity (Wildman–Crippen MR) is 61.5 cm³/mol. The number of hydrogen-bond acceptors (Lipinski definition) is 3. The molecule has 0 saturated carbocycles. The lowest BCUT2D eigenvalue weighted by atomic mass is 10.1. The zero-order valence-electron chi connectivity index (χ0n) is 9.28. The largest absolute Gasteiger partial charge is 0.494 e. The minimum Gasteiger partial charge on any atom is -0.494 e. The van der Waals surface area contributed by atoms with Gasteiger partial charge in [-0.3, -0.25) is 0 Å². The molecular weight excluding hydrogens is 188 g/mol. The number of anilines is 1. The molecule has 1 fully saturated rings. The molecular formula is C12H18N2O. The Kier molecular flexibility index (Phi) is 3.43. The highest BCUT2D eigenvalue weighted by Crippen LogP contribution is 2.21. The van der Waals surface area contributed by atoms with Crippen molar-refractivity contribution in [3.8, 4) is 5.75 Å². The third-order valence-electron chi connectivity index (χ3n) is 2.71. The summed E-state index contributed by atoms with van der Waals surface area (Å²) in [6.07, 6.45) is 5.73. The first-order chi connectivity index (χ1) is 7.40. The van der Waals surface area contributed by atoms with Crippen LogP contribution >= 0.6 is 0 Å². The van der Waals surface area contributed by atoms with Crippen LogP contribution in [-0.2, 0) is 0 Å². The fourth-order valence-electron chi connectivity index (χ4n) is 1.95. The number of pyridine rings is 1. The summed E-state index contributed by atoms with van der Waals surface area (Å²) in [5.74, 6) is 1.98. The molecule has 1 aromatic heterocycles. The van der Waals surface area contributed by atoms with E-state index in [0.29, 0.717) is 6.61 Å². The number of nitrogens with zero attached hydrogens (tertiary/aromatic N) is 2. The molecule has 15 heavy (non-hydrogen) atoms. The van der Waals surface area contributed by atoms with Crippen LogP contribution in [0.2, 0.25) is 0 Å².